The van der Waals surface area contributed by atoms with Crippen LogP contribution in [0.3, 0.4) is 0 Å². The number of thiazole rings is 1. The van der Waals surface area contributed by atoms with E-state index >= 15 is 0 Å². The molecule has 7 nitrogen and oxygen atoms in total. The number of carboxylic acid groups (broad SMARTS) is 1. The molecule has 0 spiro atoms. The van der Waals surface area contributed by atoms with Gasteiger partial charge in [0.2, 0.25) is 0 Å². The first kappa shape index (κ1) is 18.4. The summed E-state index contributed by atoms with van der Waals surface area (Å²) in [4.78, 5) is 37.6. The highest BCUT2D eigenvalue weighted by Crippen LogP contribution is 2.27. The Hall–Kier alpha value is -2.35. The molecule has 0 aromatic carbocycles. The third kappa shape index (κ3) is 4.24. The van der Waals surface area contributed by atoms with Gasteiger partial charge in [0, 0.05) is 18.4 Å². The fraction of sp³-hybridized carbons (Fsp3) is 0.500. The standard InChI is InChI=1S/C18H22N4O3S/c1-11-14(26-17(21-11)15-19-9-6-10-20-15)16(23)22-13-8-5-3-2-4-7-12(13)18(24)25/h6,9-10,12-13H,2-5,7-8H2,1H3,(H,22,23)(H,24,25). The summed E-state index contributed by atoms with van der Waals surface area (Å²) in [5.41, 5.74) is 0.604. The van der Waals surface area contributed by atoms with E-state index in [2.05, 4.69) is 20.3 Å². The number of carbonyl (C=O) groups excluding carboxylic acids is 1. The molecular formula is C18H22N4O3S. The topological polar surface area (TPSA) is 105 Å². The van der Waals surface area contributed by atoms with Crippen LogP contribution in [0.2, 0.25) is 0 Å². The van der Waals surface area contributed by atoms with Crippen LogP contribution in [-0.4, -0.2) is 38.0 Å². The summed E-state index contributed by atoms with van der Waals surface area (Å²) in [6.45, 7) is 1.77. The van der Waals surface area contributed by atoms with Gasteiger partial charge in [0.25, 0.3) is 5.91 Å². The minimum absolute atomic E-state index is 0.265. The Morgan fingerprint density at radius 1 is 1.15 bits per heavy atom. The van der Waals surface area contributed by atoms with E-state index in [1.54, 1.807) is 25.4 Å². The van der Waals surface area contributed by atoms with Gasteiger partial charge in [0.05, 0.1) is 11.6 Å². The van der Waals surface area contributed by atoms with Crippen molar-refractivity contribution < 1.29 is 14.7 Å². The molecule has 2 unspecified atom stereocenters. The van der Waals surface area contributed by atoms with Crippen molar-refractivity contribution in [2.24, 2.45) is 5.92 Å². The van der Waals surface area contributed by atoms with E-state index < -0.39 is 11.9 Å². The number of aromatic nitrogens is 3. The number of carbonyl (C=O) groups is 2. The highest BCUT2D eigenvalue weighted by atomic mass is 32.1. The van der Waals surface area contributed by atoms with E-state index in [1.165, 1.54) is 11.3 Å². The van der Waals surface area contributed by atoms with Gasteiger partial charge in [-0.25, -0.2) is 15.0 Å². The average Bonchev–Trinajstić information content (AvgIpc) is 3.00. The van der Waals surface area contributed by atoms with Crippen LogP contribution in [-0.2, 0) is 4.79 Å². The molecule has 2 aromatic rings. The number of aliphatic carboxylic acids is 1. The summed E-state index contributed by atoms with van der Waals surface area (Å²) in [6.07, 6.45) is 8.50. The van der Waals surface area contributed by atoms with Gasteiger partial charge in [-0.1, -0.05) is 25.7 Å². The maximum absolute atomic E-state index is 12.8. The Morgan fingerprint density at radius 2 is 1.85 bits per heavy atom. The molecule has 1 aliphatic rings. The van der Waals surface area contributed by atoms with Crippen molar-refractivity contribution in [3.05, 3.63) is 29.0 Å². The van der Waals surface area contributed by atoms with Gasteiger partial charge in [-0.3, -0.25) is 9.59 Å². The van der Waals surface area contributed by atoms with Gasteiger partial charge >= 0.3 is 5.97 Å². The van der Waals surface area contributed by atoms with Crippen LogP contribution in [0, 0.1) is 12.8 Å². The molecule has 8 heteroatoms. The SMILES string of the molecule is Cc1nc(-c2ncccn2)sc1C(=O)NC1CCCCCCC1C(=O)O. The second-order valence-corrected chi connectivity index (χ2v) is 7.52. The average molecular weight is 374 g/mol. The zero-order valence-electron chi connectivity index (χ0n) is 14.6. The fourth-order valence-electron chi connectivity index (χ4n) is 3.30. The molecule has 0 aliphatic heterocycles. The minimum atomic E-state index is -0.836. The Bertz CT molecular complexity index is 778. The van der Waals surface area contributed by atoms with Crippen molar-refractivity contribution in [3.63, 3.8) is 0 Å². The maximum Gasteiger partial charge on any atom is 0.308 e. The second kappa shape index (κ2) is 8.35. The molecule has 1 aliphatic carbocycles. The fourth-order valence-corrected chi connectivity index (χ4v) is 4.22. The molecule has 26 heavy (non-hydrogen) atoms. The van der Waals surface area contributed by atoms with Gasteiger partial charge in [-0.15, -0.1) is 11.3 Å². The molecule has 0 bridgehead atoms. The number of amides is 1. The van der Waals surface area contributed by atoms with Crippen molar-refractivity contribution in [3.8, 4) is 10.8 Å². The smallest absolute Gasteiger partial charge is 0.308 e. The number of hydrogen-bond acceptors (Lipinski definition) is 6. The molecule has 1 amide bonds. The summed E-state index contributed by atoms with van der Waals surface area (Å²) < 4.78 is 0. The third-order valence-electron chi connectivity index (χ3n) is 4.66. The van der Waals surface area contributed by atoms with E-state index in [9.17, 15) is 14.7 Å². The first-order chi connectivity index (χ1) is 12.6. The zero-order valence-corrected chi connectivity index (χ0v) is 15.5. The number of nitrogens with zero attached hydrogens (tertiary/aromatic N) is 3. The zero-order chi connectivity index (χ0) is 18.5. The van der Waals surface area contributed by atoms with Gasteiger partial charge in [-0.05, 0) is 25.8 Å². The van der Waals surface area contributed by atoms with Crippen molar-refractivity contribution in [1.29, 1.82) is 0 Å². The summed E-state index contributed by atoms with van der Waals surface area (Å²) in [5, 5.41) is 13.1. The molecule has 138 valence electrons. The Morgan fingerprint density at radius 3 is 2.54 bits per heavy atom. The molecule has 2 heterocycles. The summed E-state index contributed by atoms with van der Waals surface area (Å²) >= 11 is 1.23. The van der Waals surface area contributed by atoms with Crippen LogP contribution in [0.4, 0.5) is 0 Å². The number of aryl methyl sites for hydroxylation is 1. The number of rotatable bonds is 4. The lowest BCUT2D eigenvalue weighted by molar-refractivity contribution is -0.143. The maximum atomic E-state index is 12.8. The number of hydrogen-bond donors (Lipinski definition) is 2. The van der Waals surface area contributed by atoms with Crippen LogP contribution in [0.25, 0.3) is 10.8 Å². The predicted octanol–water partition coefficient (Wildman–Crippen LogP) is 3.06. The Kier molecular flexibility index (Phi) is 5.92. The Balaban J connectivity index is 1.78. The number of nitrogens with one attached hydrogen (secondary N) is 1. The lowest BCUT2D eigenvalue weighted by atomic mass is 9.86. The highest BCUT2D eigenvalue weighted by Gasteiger charge is 2.31. The molecule has 1 saturated carbocycles. The molecule has 2 N–H and O–H groups in total. The molecule has 0 saturated heterocycles. The van der Waals surface area contributed by atoms with Crippen LogP contribution in [0.15, 0.2) is 18.5 Å². The Labute approximate surface area is 155 Å². The van der Waals surface area contributed by atoms with Crippen LogP contribution >= 0.6 is 11.3 Å². The van der Waals surface area contributed by atoms with E-state index in [-0.39, 0.29) is 11.9 Å². The minimum Gasteiger partial charge on any atom is -0.481 e. The van der Waals surface area contributed by atoms with E-state index in [0.29, 0.717) is 34.2 Å². The van der Waals surface area contributed by atoms with Crippen LogP contribution in [0.1, 0.15) is 53.9 Å². The second-order valence-electron chi connectivity index (χ2n) is 6.52. The van der Waals surface area contributed by atoms with Gasteiger partial charge in [0.1, 0.15) is 4.88 Å². The quantitative estimate of drug-likeness (QED) is 0.852. The molecule has 1 fully saturated rings. The third-order valence-corrected chi connectivity index (χ3v) is 5.81. The molecule has 2 atom stereocenters. The molecule has 3 rings (SSSR count). The van der Waals surface area contributed by atoms with Gasteiger partial charge in [-0.2, -0.15) is 0 Å². The van der Waals surface area contributed by atoms with Gasteiger partial charge in [0.15, 0.2) is 10.8 Å². The predicted molar refractivity (Wildman–Crippen MR) is 98.0 cm³/mol. The lowest BCUT2D eigenvalue weighted by Gasteiger charge is -2.27. The first-order valence-corrected chi connectivity index (χ1v) is 9.66. The van der Waals surface area contributed by atoms with E-state index in [4.69, 9.17) is 0 Å². The normalized spacial score (nSPS) is 20.8. The number of carboxylic acids is 1. The first-order valence-electron chi connectivity index (χ1n) is 8.84. The van der Waals surface area contributed by atoms with Crippen molar-refractivity contribution in [2.75, 3.05) is 0 Å². The molecular weight excluding hydrogens is 352 g/mol. The molecule has 0 radical (unpaired) electrons. The lowest BCUT2D eigenvalue weighted by Crippen LogP contribution is -2.43. The monoisotopic (exact) mass is 374 g/mol. The molecule has 2 aromatic heterocycles. The van der Waals surface area contributed by atoms with Crippen LogP contribution in [0.5, 0.6) is 0 Å². The van der Waals surface area contributed by atoms with E-state index in [1.807, 2.05) is 0 Å². The summed E-state index contributed by atoms with van der Waals surface area (Å²) in [7, 11) is 0. The van der Waals surface area contributed by atoms with E-state index in [0.717, 1.165) is 25.7 Å². The highest BCUT2D eigenvalue weighted by molar-refractivity contribution is 7.17. The summed E-state index contributed by atoms with van der Waals surface area (Å²) in [5.74, 6) is -1.16. The van der Waals surface area contributed by atoms with Crippen molar-refractivity contribution >= 4 is 23.2 Å². The van der Waals surface area contributed by atoms with Crippen molar-refractivity contribution in [2.45, 2.75) is 51.5 Å². The van der Waals surface area contributed by atoms with Gasteiger partial charge < -0.3 is 10.4 Å². The van der Waals surface area contributed by atoms with Crippen LogP contribution < -0.4 is 5.32 Å². The largest absolute Gasteiger partial charge is 0.481 e. The van der Waals surface area contributed by atoms with Crippen molar-refractivity contribution in [1.82, 2.24) is 20.3 Å². The summed E-state index contributed by atoms with van der Waals surface area (Å²) in [6, 6.07) is 1.37.